The zero-order valence-electron chi connectivity index (χ0n) is 14.6. The number of hydrogen-bond donors (Lipinski definition) is 0. The Morgan fingerprint density at radius 2 is 1.89 bits per heavy atom. The molecule has 0 atom stereocenters. The molecule has 0 unspecified atom stereocenters. The normalized spacial score (nSPS) is 10.9. The van der Waals surface area contributed by atoms with Crippen molar-refractivity contribution in [3.05, 3.63) is 65.7 Å². The highest BCUT2D eigenvalue weighted by Crippen LogP contribution is 2.28. The van der Waals surface area contributed by atoms with Crippen molar-refractivity contribution in [1.29, 1.82) is 0 Å². The van der Waals surface area contributed by atoms with Crippen molar-refractivity contribution in [3.8, 4) is 22.0 Å². The number of hydrogen-bond acceptors (Lipinski definition) is 7. The lowest BCUT2D eigenvalue weighted by atomic mass is 10.2. The van der Waals surface area contributed by atoms with Crippen LogP contribution in [0.15, 0.2) is 65.1 Å². The molecule has 2 aromatic carbocycles. The highest BCUT2D eigenvalue weighted by molar-refractivity contribution is 7.98. The molecule has 6 nitrogen and oxygen atoms in total. The number of ether oxygens (including phenoxy) is 1. The van der Waals surface area contributed by atoms with E-state index < -0.39 is 0 Å². The predicted molar refractivity (Wildman–Crippen MR) is 107 cm³/mol. The van der Waals surface area contributed by atoms with Crippen LogP contribution in [0, 0.1) is 0 Å². The summed E-state index contributed by atoms with van der Waals surface area (Å²) in [5, 5.41) is 15.8. The lowest BCUT2D eigenvalue weighted by molar-refractivity contribution is 0.340. The summed E-state index contributed by atoms with van der Waals surface area (Å²) < 4.78 is 7.23. The average molecular weight is 396 g/mol. The monoisotopic (exact) mass is 395 g/mol. The highest BCUT2D eigenvalue weighted by Gasteiger charge is 2.11. The summed E-state index contributed by atoms with van der Waals surface area (Å²) in [6.45, 7) is 2.65. The van der Waals surface area contributed by atoms with Gasteiger partial charge < -0.3 is 4.74 Å². The third-order valence-corrected chi connectivity index (χ3v) is 5.65. The van der Waals surface area contributed by atoms with Gasteiger partial charge in [-0.3, -0.25) is 0 Å². The Labute approximate surface area is 165 Å². The van der Waals surface area contributed by atoms with Gasteiger partial charge in [0.1, 0.15) is 10.8 Å². The molecule has 27 heavy (non-hydrogen) atoms. The van der Waals surface area contributed by atoms with Crippen LogP contribution < -0.4 is 4.74 Å². The molecular weight excluding hydrogens is 378 g/mol. The van der Waals surface area contributed by atoms with E-state index in [-0.39, 0.29) is 0 Å². The fourth-order valence-corrected chi connectivity index (χ4v) is 4.22. The molecule has 4 aromatic rings. The first-order chi connectivity index (χ1) is 13.3. The van der Waals surface area contributed by atoms with Crippen LogP contribution in [0.5, 0.6) is 5.75 Å². The van der Waals surface area contributed by atoms with E-state index in [0.29, 0.717) is 12.4 Å². The molecule has 0 saturated heterocycles. The zero-order valence-corrected chi connectivity index (χ0v) is 16.3. The van der Waals surface area contributed by atoms with Crippen molar-refractivity contribution in [1.82, 2.24) is 25.2 Å². The van der Waals surface area contributed by atoms with E-state index in [1.54, 1.807) is 27.8 Å². The summed E-state index contributed by atoms with van der Waals surface area (Å²) in [5.74, 6) is 1.59. The van der Waals surface area contributed by atoms with E-state index in [9.17, 15) is 0 Å². The molecule has 4 rings (SSSR count). The Morgan fingerprint density at radius 3 is 2.67 bits per heavy atom. The highest BCUT2D eigenvalue weighted by atomic mass is 32.2. The van der Waals surface area contributed by atoms with Gasteiger partial charge in [0.05, 0.1) is 18.0 Å². The van der Waals surface area contributed by atoms with Gasteiger partial charge in [-0.1, -0.05) is 30.0 Å². The lowest BCUT2D eigenvalue weighted by Crippen LogP contribution is -1.98. The van der Waals surface area contributed by atoms with Crippen LogP contribution in [0.2, 0.25) is 0 Å². The van der Waals surface area contributed by atoms with Crippen molar-refractivity contribution in [2.45, 2.75) is 17.8 Å². The molecule has 2 heterocycles. The number of rotatable bonds is 7. The largest absolute Gasteiger partial charge is 0.494 e. The van der Waals surface area contributed by atoms with Gasteiger partial charge >= 0.3 is 0 Å². The average Bonchev–Trinajstić information content (AvgIpc) is 3.37. The number of nitrogens with zero attached hydrogens (tertiary/aromatic N) is 5. The summed E-state index contributed by atoms with van der Waals surface area (Å²) in [6, 6.07) is 17.9. The van der Waals surface area contributed by atoms with Crippen LogP contribution in [-0.2, 0) is 5.75 Å². The minimum Gasteiger partial charge on any atom is -0.494 e. The Hall–Kier alpha value is -2.71. The first-order valence-corrected chi connectivity index (χ1v) is 10.3. The third kappa shape index (κ3) is 4.17. The molecule has 136 valence electrons. The fourth-order valence-electron chi connectivity index (χ4n) is 2.50. The molecular formula is C19H17N5OS2. The van der Waals surface area contributed by atoms with Crippen molar-refractivity contribution in [2.24, 2.45) is 0 Å². The van der Waals surface area contributed by atoms with Gasteiger partial charge in [0.25, 0.3) is 0 Å². The SMILES string of the molecule is CCOc1ccc(-c2nc(CSc3nnnn3-c3ccccc3)cs2)cc1. The fraction of sp³-hybridized carbons (Fsp3) is 0.158. The first kappa shape index (κ1) is 17.7. The number of thioether (sulfide) groups is 1. The summed E-state index contributed by atoms with van der Waals surface area (Å²) in [5.41, 5.74) is 3.05. The second kappa shape index (κ2) is 8.32. The summed E-state index contributed by atoms with van der Waals surface area (Å²) in [4.78, 5) is 4.74. The Bertz CT molecular complexity index is 998. The number of aromatic nitrogens is 5. The molecule has 0 radical (unpaired) electrons. The van der Waals surface area contributed by atoms with E-state index in [4.69, 9.17) is 9.72 Å². The van der Waals surface area contributed by atoms with E-state index in [1.165, 1.54) is 0 Å². The van der Waals surface area contributed by atoms with Crippen molar-refractivity contribution >= 4 is 23.1 Å². The standard InChI is InChI=1S/C19H17N5OS2/c1-2-25-17-10-8-14(9-11-17)18-20-15(12-26-18)13-27-19-21-22-23-24(19)16-6-4-3-5-7-16/h3-12H,2,13H2,1H3. The van der Waals surface area contributed by atoms with Crippen molar-refractivity contribution in [2.75, 3.05) is 6.61 Å². The van der Waals surface area contributed by atoms with Gasteiger partial charge in [0.15, 0.2) is 0 Å². The van der Waals surface area contributed by atoms with Gasteiger partial charge in [-0.15, -0.1) is 16.4 Å². The van der Waals surface area contributed by atoms with Gasteiger partial charge in [-0.25, -0.2) is 4.98 Å². The molecule has 0 aliphatic rings. The molecule has 2 aromatic heterocycles. The van der Waals surface area contributed by atoms with E-state index in [2.05, 4.69) is 20.9 Å². The van der Waals surface area contributed by atoms with Crippen LogP contribution in [0.4, 0.5) is 0 Å². The Balaban J connectivity index is 1.44. The maximum absolute atomic E-state index is 5.49. The van der Waals surface area contributed by atoms with Crippen LogP contribution in [0.25, 0.3) is 16.3 Å². The minimum atomic E-state index is 0.667. The predicted octanol–water partition coefficient (Wildman–Crippen LogP) is 4.48. The van der Waals surface area contributed by atoms with Gasteiger partial charge in [-0.05, 0) is 53.7 Å². The second-order valence-corrected chi connectivity index (χ2v) is 7.40. The molecule has 0 aliphatic heterocycles. The summed E-state index contributed by atoms with van der Waals surface area (Å²) >= 11 is 3.21. The molecule has 0 N–H and O–H groups in total. The van der Waals surface area contributed by atoms with Gasteiger partial charge in [-0.2, -0.15) is 4.68 Å². The van der Waals surface area contributed by atoms with E-state index in [1.807, 2.05) is 61.5 Å². The van der Waals surface area contributed by atoms with Crippen LogP contribution in [-0.4, -0.2) is 31.8 Å². The zero-order chi connectivity index (χ0) is 18.5. The van der Waals surface area contributed by atoms with Crippen molar-refractivity contribution in [3.63, 3.8) is 0 Å². The molecule has 0 saturated carbocycles. The van der Waals surface area contributed by atoms with Crippen molar-refractivity contribution < 1.29 is 4.74 Å². The number of thiazole rings is 1. The van der Waals surface area contributed by atoms with Crippen LogP contribution in [0.1, 0.15) is 12.6 Å². The number of tetrazole rings is 1. The van der Waals surface area contributed by atoms with Crippen LogP contribution >= 0.6 is 23.1 Å². The van der Waals surface area contributed by atoms with E-state index >= 15 is 0 Å². The maximum Gasteiger partial charge on any atom is 0.214 e. The molecule has 0 aliphatic carbocycles. The Morgan fingerprint density at radius 1 is 1.07 bits per heavy atom. The first-order valence-electron chi connectivity index (χ1n) is 8.47. The second-order valence-electron chi connectivity index (χ2n) is 5.60. The summed E-state index contributed by atoms with van der Waals surface area (Å²) in [6.07, 6.45) is 0. The molecule has 0 spiro atoms. The quantitative estimate of drug-likeness (QED) is 0.430. The van der Waals surface area contributed by atoms with Gasteiger partial charge in [0.2, 0.25) is 5.16 Å². The topological polar surface area (TPSA) is 65.7 Å². The summed E-state index contributed by atoms with van der Waals surface area (Å²) in [7, 11) is 0. The molecule has 0 bridgehead atoms. The van der Waals surface area contributed by atoms with Gasteiger partial charge in [0, 0.05) is 16.7 Å². The molecule has 8 heteroatoms. The van der Waals surface area contributed by atoms with E-state index in [0.717, 1.165) is 32.9 Å². The third-order valence-electron chi connectivity index (χ3n) is 3.75. The number of benzene rings is 2. The Kier molecular flexibility index (Phi) is 5.45. The minimum absolute atomic E-state index is 0.667. The maximum atomic E-state index is 5.49. The molecule has 0 fully saturated rings. The smallest absolute Gasteiger partial charge is 0.214 e. The lowest BCUT2D eigenvalue weighted by Gasteiger charge is -2.03. The number of para-hydroxylation sites is 1. The van der Waals surface area contributed by atoms with Crippen LogP contribution in [0.3, 0.4) is 0 Å². The molecule has 0 amide bonds.